The van der Waals surface area contributed by atoms with Gasteiger partial charge in [0.15, 0.2) is 0 Å². The van der Waals surface area contributed by atoms with E-state index in [1.165, 1.54) is 5.56 Å². The molecule has 2 N–H and O–H groups in total. The molecule has 0 atom stereocenters. The van der Waals surface area contributed by atoms with Gasteiger partial charge in [-0.1, -0.05) is 30.3 Å². The molecule has 0 bridgehead atoms. The Morgan fingerprint density at radius 1 is 1.14 bits per heavy atom. The fourth-order valence-electron chi connectivity index (χ4n) is 2.12. The van der Waals surface area contributed by atoms with Crippen molar-refractivity contribution in [1.29, 1.82) is 0 Å². The second-order valence-corrected chi connectivity index (χ2v) is 5.34. The maximum atomic E-state index is 11.8. The first-order chi connectivity index (χ1) is 10.3. The zero-order valence-electron chi connectivity index (χ0n) is 11.9. The Labute approximate surface area is 124 Å². The third-order valence-corrected chi connectivity index (χ3v) is 3.49. The molecule has 1 heterocycles. The minimum atomic E-state index is -0.0756. The van der Waals surface area contributed by atoms with E-state index in [1.54, 1.807) is 12.3 Å². The molecule has 2 aromatic rings. The van der Waals surface area contributed by atoms with Crippen LogP contribution >= 0.6 is 0 Å². The molecule has 21 heavy (non-hydrogen) atoms. The van der Waals surface area contributed by atoms with Crippen LogP contribution in [-0.2, 0) is 6.42 Å². The van der Waals surface area contributed by atoms with E-state index in [-0.39, 0.29) is 5.91 Å². The highest BCUT2D eigenvalue weighted by Gasteiger charge is 2.24. The molecule has 108 valence electrons. The fraction of sp³-hybridized carbons (Fsp3) is 0.294. The topological polar surface area (TPSA) is 54.0 Å². The van der Waals surface area contributed by atoms with Gasteiger partial charge < -0.3 is 10.6 Å². The predicted molar refractivity (Wildman–Crippen MR) is 83.4 cm³/mol. The molecule has 1 aromatic heterocycles. The van der Waals surface area contributed by atoms with Gasteiger partial charge in [0.25, 0.3) is 5.91 Å². The number of benzene rings is 1. The van der Waals surface area contributed by atoms with Gasteiger partial charge in [-0.15, -0.1) is 0 Å². The van der Waals surface area contributed by atoms with Crippen LogP contribution in [0.15, 0.2) is 48.7 Å². The molecule has 1 aromatic carbocycles. The van der Waals surface area contributed by atoms with Gasteiger partial charge in [-0.25, -0.2) is 4.98 Å². The third-order valence-electron chi connectivity index (χ3n) is 3.49. The second kappa shape index (κ2) is 6.39. The Bertz CT molecular complexity index is 591. The molecule has 1 fully saturated rings. The van der Waals surface area contributed by atoms with Gasteiger partial charge in [-0.3, -0.25) is 4.79 Å². The van der Waals surface area contributed by atoms with E-state index in [4.69, 9.17) is 0 Å². The van der Waals surface area contributed by atoms with E-state index in [0.717, 1.165) is 31.5 Å². The lowest BCUT2D eigenvalue weighted by Gasteiger charge is -2.07. The average molecular weight is 281 g/mol. The molecule has 0 unspecified atom stereocenters. The number of hydrogen-bond acceptors (Lipinski definition) is 3. The van der Waals surface area contributed by atoms with Crippen LogP contribution in [0, 0.1) is 0 Å². The summed E-state index contributed by atoms with van der Waals surface area (Å²) < 4.78 is 0. The summed E-state index contributed by atoms with van der Waals surface area (Å²) in [7, 11) is 0. The van der Waals surface area contributed by atoms with Gasteiger partial charge in [0.1, 0.15) is 5.69 Å². The first-order valence-corrected chi connectivity index (χ1v) is 7.36. The molecule has 1 aliphatic carbocycles. The summed E-state index contributed by atoms with van der Waals surface area (Å²) in [6, 6.07) is 14.4. The zero-order valence-corrected chi connectivity index (χ0v) is 11.9. The normalized spacial score (nSPS) is 13.7. The molecule has 0 spiro atoms. The van der Waals surface area contributed by atoms with Crippen LogP contribution in [0.2, 0.25) is 0 Å². The van der Waals surface area contributed by atoms with Crippen molar-refractivity contribution in [3.63, 3.8) is 0 Å². The summed E-state index contributed by atoms with van der Waals surface area (Å²) in [4.78, 5) is 16.0. The number of carbonyl (C=O) groups excluding carboxylic acids is 1. The Kier molecular flexibility index (Phi) is 4.15. The third kappa shape index (κ3) is 4.05. The molecule has 0 aliphatic heterocycles. The first kappa shape index (κ1) is 13.6. The summed E-state index contributed by atoms with van der Waals surface area (Å²) in [6.45, 7) is 0.847. The summed E-state index contributed by atoms with van der Waals surface area (Å²) in [5.41, 5.74) is 2.72. The van der Waals surface area contributed by atoms with E-state index in [1.807, 2.05) is 24.3 Å². The van der Waals surface area contributed by atoms with Gasteiger partial charge in [0, 0.05) is 12.6 Å². The van der Waals surface area contributed by atoms with Crippen molar-refractivity contribution in [1.82, 2.24) is 10.3 Å². The number of amides is 1. The van der Waals surface area contributed by atoms with Crippen LogP contribution in [0.25, 0.3) is 0 Å². The van der Waals surface area contributed by atoms with Gasteiger partial charge >= 0.3 is 0 Å². The smallest absolute Gasteiger partial charge is 0.270 e. The van der Waals surface area contributed by atoms with Crippen LogP contribution < -0.4 is 10.6 Å². The fourth-order valence-corrected chi connectivity index (χ4v) is 2.12. The van der Waals surface area contributed by atoms with Crippen LogP contribution in [0.5, 0.6) is 0 Å². The minimum absolute atomic E-state index is 0.0756. The Hall–Kier alpha value is -2.36. The monoisotopic (exact) mass is 281 g/mol. The molecule has 3 rings (SSSR count). The average Bonchev–Trinajstić information content (AvgIpc) is 3.33. The van der Waals surface area contributed by atoms with Crippen molar-refractivity contribution in [2.75, 3.05) is 11.9 Å². The summed E-state index contributed by atoms with van der Waals surface area (Å²) >= 11 is 0. The van der Waals surface area contributed by atoms with Crippen molar-refractivity contribution in [3.05, 3.63) is 59.9 Å². The van der Waals surface area contributed by atoms with E-state index in [2.05, 4.69) is 27.8 Å². The second-order valence-electron chi connectivity index (χ2n) is 5.34. The highest BCUT2D eigenvalue weighted by atomic mass is 16.2. The number of aromatic nitrogens is 1. The molecule has 1 aliphatic rings. The number of carbonyl (C=O) groups is 1. The largest absolute Gasteiger partial charge is 0.383 e. The minimum Gasteiger partial charge on any atom is -0.383 e. The van der Waals surface area contributed by atoms with Gasteiger partial charge in [-0.05, 0) is 37.0 Å². The van der Waals surface area contributed by atoms with E-state index in [9.17, 15) is 4.79 Å². The van der Waals surface area contributed by atoms with Crippen LogP contribution in [0.3, 0.4) is 0 Å². The summed E-state index contributed by atoms with van der Waals surface area (Å²) in [6.07, 6.45) is 4.85. The number of pyridine rings is 1. The molecule has 4 nitrogen and oxygen atoms in total. The van der Waals surface area contributed by atoms with Crippen molar-refractivity contribution in [3.8, 4) is 0 Å². The summed E-state index contributed by atoms with van der Waals surface area (Å²) in [5, 5.41) is 6.25. The predicted octanol–water partition coefficient (Wildman–Crippen LogP) is 2.63. The van der Waals surface area contributed by atoms with Crippen LogP contribution in [-0.4, -0.2) is 23.5 Å². The van der Waals surface area contributed by atoms with Crippen molar-refractivity contribution < 1.29 is 4.79 Å². The highest BCUT2D eigenvalue weighted by molar-refractivity contribution is 5.92. The molecule has 1 saturated carbocycles. The lowest BCUT2D eigenvalue weighted by atomic mass is 10.1. The zero-order chi connectivity index (χ0) is 14.5. The maximum absolute atomic E-state index is 11.8. The highest BCUT2D eigenvalue weighted by Crippen LogP contribution is 2.19. The van der Waals surface area contributed by atoms with Crippen molar-refractivity contribution in [2.24, 2.45) is 0 Å². The van der Waals surface area contributed by atoms with Crippen molar-refractivity contribution >= 4 is 11.6 Å². The molecule has 0 saturated heterocycles. The lowest BCUT2D eigenvalue weighted by Crippen LogP contribution is -2.26. The Balaban J connectivity index is 1.48. The van der Waals surface area contributed by atoms with Crippen LogP contribution in [0.1, 0.15) is 28.9 Å². The van der Waals surface area contributed by atoms with Crippen LogP contribution in [0.4, 0.5) is 5.69 Å². The Morgan fingerprint density at radius 2 is 1.95 bits per heavy atom. The molecular formula is C17H19N3O. The molecule has 0 radical (unpaired) electrons. The van der Waals surface area contributed by atoms with Gasteiger partial charge in [0.2, 0.25) is 0 Å². The van der Waals surface area contributed by atoms with E-state index in [0.29, 0.717) is 11.7 Å². The number of nitrogens with zero attached hydrogens (tertiary/aromatic N) is 1. The number of nitrogens with one attached hydrogen (secondary N) is 2. The van der Waals surface area contributed by atoms with Gasteiger partial charge in [0.05, 0.1) is 11.9 Å². The SMILES string of the molecule is O=C(NC1CC1)c1ccc(NCCc2ccccc2)cn1. The molecule has 4 heteroatoms. The molecule has 1 amide bonds. The van der Waals surface area contributed by atoms with Gasteiger partial charge in [-0.2, -0.15) is 0 Å². The quantitative estimate of drug-likeness (QED) is 0.856. The maximum Gasteiger partial charge on any atom is 0.270 e. The Morgan fingerprint density at radius 3 is 2.62 bits per heavy atom. The first-order valence-electron chi connectivity index (χ1n) is 7.36. The standard InChI is InChI=1S/C17H19N3O/c21-17(20-14-6-7-14)16-9-8-15(12-19-16)18-11-10-13-4-2-1-3-5-13/h1-5,8-9,12,14,18H,6-7,10-11H2,(H,20,21). The summed E-state index contributed by atoms with van der Waals surface area (Å²) in [5.74, 6) is -0.0756. The molecular weight excluding hydrogens is 262 g/mol. The number of anilines is 1. The van der Waals surface area contributed by atoms with Crippen molar-refractivity contribution in [2.45, 2.75) is 25.3 Å². The number of rotatable bonds is 6. The van der Waals surface area contributed by atoms with E-state index < -0.39 is 0 Å². The van der Waals surface area contributed by atoms with E-state index >= 15 is 0 Å². The lowest BCUT2D eigenvalue weighted by molar-refractivity contribution is 0.0946. The number of hydrogen-bond donors (Lipinski definition) is 2.